The van der Waals surface area contributed by atoms with Crippen molar-refractivity contribution in [3.05, 3.63) is 70.5 Å². The highest BCUT2D eigenvalue weighted by Gasteiger charge is 2.45. The summed E-state index contributed by atoms with van der Waals surface area (Å²) >= 11 is 0. The average Bonchev–Trinajstić information content (AvgIpc) is 3.00. The molecule has 2 aromatic rings. The zero-order valence-corrected chi connectivity index (χ0v) is 18.1. The van der Waals surface area contributed by atoms with Gasteiger partial charge in [-0.2, -0.15) is 0 Å². The van der Waals surface area contributed by atoms with E-state index in [0.29, 0.717) is 18.6 Å². The highest BCUT2D eigenvalue weighted by atomic mass is 19.1. The number of amides is 1. The molecule has 0 radical (unpaired) electrons. The fraction of sp³-hybridized carbons (Fsp3) is 0.292. The lowest BCUT2D eigenvalue weighted by molar-refractivity contribution is -0.140. The Labute approximate surface area is 185 Å². The smallest absolute Gasteiger partial charge is 0.308 e. The van der Waals surface area contributed by atoms with Crippen molar-refractivity contribution >= 4 is 23.4 Å². The maximum Gasteiger partial charge on any atom is 0.308 e. The van der Waals surface area contributed by atoms with Crippen molar-refractivity contribution in [3.63, 3.8) is 0 Å². The molecule has 8 heteroatoms. The number of halogens is 1. The number of aliphatic hydroxyl groups is 1. The van der Waals surface area contributed by atoms with Crippen LogP contribution in [0, 0.1) is 12.7 Å². The number of ether oxygens (including phenoxy) is 2. The number of ketones is 1. The van der Waals surface area contributed by atoms with Gasteiger partial charge in [-0.1, -0.05) is 12.1 Å². The summed E-state index contributed by atoms with van der Waals surface area (Å²) in [4.78, 5) is 38.5. The van der Waals surface area contributed by atoms with Gasteiger partial charge in [-0.3, -0.25) is 14.4 Å². The van der Waals surface area contributed by atoms with Crippen molar-refractivity contribution in [3.8, 4) is 5.75 Å². The standard InChI is InChI=1S/C24H24FNO6/c1-14-12-17(8-9-19(14)25)22(28)20-21(16-6-4-7-18(13-16)32-15(2)27)26(10-5-11-31-3)24(30)23(20)29/h4,6-9,12-13,21,28H,5,10-11H2,1-3H3/b22-20-. The quantitative estimate of drug-likeness (QED) is 0.177. The fourth-order valence-electron chi connectivity index (χ4n) is 3.70. The van der Waals surface area contributed by atoms with Crippen LogP contribution in [0.2, 0.25) is 0 Å². The van der Waals surface area contributed by atoms with Gasteiger partial charge >= 0.3 is 5.97 Å². The zero-order valence-electron chi connectivity index (χ0n) is 18.1. The van der Waals surface area contributed by atoms with E-state index < -0.39 is 35.3 Å². The maximum absolute atomic E-state index is 13.7. The first-order valence-corrected chi connectivity index (χ1v) is 10.1. The van der Waals surface area contributed by atoms with Gasteiger partial charge in [0.1, 0.15) is 17.3 Å². The topological polar surface area (TPSA) is 93.1 Å². The second-order valence-corrected chi connectivity index (χ2v) is 7.47. The number of aliphatic hydroxyl groups excluding tert-OH is 1. The Morgan fingerprint density at radius 1 is 1.19 bits per heavy atom. The fourth-order valence-corrected chi connectivity index (χ4v) is 3.70. The number of likely N-dealkylation sites (tertiary alicyclic amines) is 1. The Kier molecular flexibility index (Phi) is 7.05. The van der Waals surface area contributed by atoms with E-state index in [0.717, 1.165) is 0 Å². The molecule has 1 amide bonds. The molecule has 1 saturated heterocycles. The lowest BCUT2D eigenvalue weighted by atomic mass is 9.94. The summed E-state index contributed by atoms with van der Waals surface area (Å²) in [6.45, 7) is 3.39. The molecule has 1 fully saturated rings. The summed E-state index contributed by atoms with van der Waals surface area (Å²) in [5, 5.41) is 11.0. The van der Waals surface area contributed by atoms with Crippen LogP contribution in [0.15, 0.2) is 48.0 Å². The number of hydrogen-bond acceptors (Lipinski definition) is 6. The predicted molar refractivity (Wildman–Crippen MR) is 114 cm³/mol. The molecule has 7 nitrogen and oxygen atoms in total. The number of benzene rings is 2. The van der Waals surface area contributed by atoms with Crippen LogP contribution in [0.3, 0.4) is 0 Å². The first kappa shape index (κ1) is 23.1. The number of rotatable bonds is 7. The first-order valence-electron chi connectivity index (χ1n) is 10.1. The summed E-state index contributed by atoms with van der Waals surface area (Å²) in [7, 11) is 1.53. The molecule has 1 N–H and O–H groups in total. The molecule has 32 heavy (non-hydrogen) atoms. The molecule has 0 bridgehead atoms. The largest absolute Gasteiger partial charge is 0.507 e. The van der Waals surface area contributed by atoms with E-state index in [1.807, 2.05) is 0 Å². The Morgan fingerprint density at radius 2 is 1.94 bits per heavy atom. The van der Waals surface area contributed by atoms with Crippen LogP contribution in [-0.4, -0.2) is 47.9 Å². The normalized spacial score (nSPS) is 17.6. The van der Waals surface area contributed by atoms with Gasteiger partial charge in [0.15, 0.2) is 0 Å². The number of hydrogen-bond donors (Lipinski definition) is 1. The van der Waals surface area contributed by atoms with Crippen molar-refractivity contribution in [2.75, 3.05) is 20.3 Å². The van der Waals surface area contributed by atoms with E-state index in [-0.39, 0.29) is 29.0 Å². The van der Waals surface area contributed by atoms with E-state index in [1.165, 1.54) is 44.1 Å². The summed E-state index contributed by atoms with van der Waals surface area (Å²) in [5.41, 5.74) is 0.885. The molecule has 0 aliphatic carbocycles. The lowest BCUT2D eigenvalue weighted by Crippen LogP contribution is -2.31. The Hall–Kier alpha value is -3.52. The van der Waals surface area contributed by atoms with E-state index in [2.05, 4.69) is 0 Å². The summed E-state index contributed by atoms with van der Waals surface area (Å²) < 4.78 is 23.9. The molecule has 1 aliphatic heterocycles. The number of carbonyl (C=O) groups is 3. The second-order valence-electron chi connectivity index (χ2n) is 7.47. The van der Waals surface area contributed by atoms with Crippen LogP contribution >= 0.6 is 0 Å². The molecule has 0 aromatic heterocycles. The number of esters is 1. The minimum absolute atomic E-state index is 0.113. The van der Waals surface area contributed by atoms with Crippen LogP contribution in [0.5, 0.6) is 5.75 Å². The van der Waals surface area contributed by atoms with Gasteiger partial charge in [0.05, 0.1) is 11.6 Å². The third kappa shape index (κ3) is 4.70. The second kappa shape index (κ2) is 9.74. The van der Waals surface area contributed by atoms with Crippen LogP contribution in [-0.2, 0) is 19.1 Å². The van der Waals surface area contributed by atoms with Crippen molar-refractivity contribution in [1.82, 2.24) is 4.90 Å². The highest BCUT2D eigenvalue weighted by Crippen LogP contribution is 2.40. The van der Waals surface area contributed by atoms with Gasteiger partial charge in [-0.05, 0) is 54.8 Å². The number of nitrogens with zero attached hydrogens (tertiary/aromatic N) is 1. The van der Waals surface area contributed by atoms with Gasteiger partial charge in [-0.25, -0.2) is 4.39 Å². The minimum Gasteiger partial charge on any atom is -0.507 e. The molecule has 168 valence electrons. The monoisotopic (exact) mass is 441 g/mol. The van der Waals surface area contributed by atoms with Crippen LogP contribution in [0.25, 0.3) is 5.76 Å². The number of aryl methyl sites for hydroxylation is 1. The maximum atomic E-state index is 13.7. The zero-order chi connectivity index (χ0) is 23.4. The summed E-state index contributed by atoms with van der Waals surface area (Å²) in [6, 6.07) is 9.47. The van der Waals surface area contributed by atoms with Gasteiger partial charge in [-0.15, -0.1) is 0 Å². The number of carbonyl (C=O) groups excluding carboxylic acids is 3. The van der Waals surface area contributed by atoms with Crippen LogP contribution < -0.4 is 4.74 Å². The molecule has 0 spiro atoms. The number of methoxy groups -OCH3 is 1. The van der Waals surface area contributed by atoms with Crippen LogP contribution in [0.1, 0.15) is 36.1 Å². The molecule has 0 saturated carbocycles. The molecule has 1 unspecified atom stereocenters. The summed E-state index contributed by atoms with van der Waals surface area (Å²) in [5.74, 6) is -2.72. The molecular formula is C24H24FNO6. The van der Waals surface area contributed by atoms with E-state index >= 15 is 0 Å². The Bertz CT molecular complexity index is 1090. The van der Waals surface area contributed by atoms with Crippen LogP contribution in [0.4, 0.5) is 4.39 Å². The molecular weight excluding hydrogens is 417 g/mol. The summed E-state index contributed by atoms with van der Waals surface area (Å²) in [6.07, 6.45) is 0.472. The molecule has 1 aliphatic rings. The van der Waals surface area contributed by atoms with Gasteiger partial charge in [0.2, 0.25) is 0 Å². The van der Waals surface area contributed by atoms with Gasteiger partial charge in [0.25, 0.3) is 11.7 Å². The number of Topliss-reactive ketones (excluding diaryl/α,β-unsaturated/α-hetero) is 1. The third-order valence-corrected chi connectivity index (χ3v) is 5.15. The van der Waals surface area contributed by atoms with E-state index in [1.54, 1.807) is 24.3 Å². The first-order chi connectivity index (χ1) is 15.2. The average molecular weight is 441 g/mol. The SMILES string of the molecule is COCCCN1C(=O)C(=O)/C(=C(\O)c2ccc(F)c(C)c2)C1c1cccc(OC(C)=O)c1. The molecule has 3 rings (SSSR count). The molecule has 1 heterocycles. The van der Waals surface area contributed by atoms with Crippen molar-refractivity contribution in [2.24, 2.45) is 0 Å². The van der Waals surface area contributed by atoms with Crippen molar-refractivity contribution < 1.29 is 33.4 Å². The van der Waals surface area contributed by atoms with Gasteiger partial charge in [0, 0.05) is 32.7 Å². The van der Waals surface area contributed by atoms with E-state index in [9.17, 15) is 23.9 Å². The van der Waals surface area contributed by atoms with Crippen molar-refractivity contribution in [2.45, 2.75) is 26.3 Å². The Balaban J connectivity index is 2.15. The van der Waals surface area contributed by atoms with Gasteiger partial charge < -0.3 is 19.5 Å². The van der Waals surface area contributed by atoms with Crippen molar-refractivity contribution in [1.29, 1.82) is 0 Å². The molecule has 2 aromatic carbocycles. The highest BCUT2D eigenvalue weighted by molar-refractivity contribution is 6.46. The van der Waals surface area contributed by atoms with E-state index in [4.69, 9.17) is 9.47 Å². The minimum atomic E-state index is -0.910. The predicted octanol–water partition coefficient (Wildman–Crippen LogP) is 3.52. The molecule has 1 atom stereocenters. The third-order valence-electron chi connectivity index (χ3n) is 5.15. The Morgan fingerprint density at radius 3 is 2.59 bits per heavy atom. The lowest BCUT2D eigenvalue weighted by Gasteiger charge is -2.25.